The van der Waals surface area contributed by atoms with E-state index in [9.17, 15) is 24.3 Å². The third-order valence-electron chi connectivity index (χ3n) is 14.3. The van der Waals surface area contributed by atoms with Gasteiger partial charge in [0.2, 0.25) is 0 Å². The zero-order valence-electron chi connectivity index (χ0n) is 29.4. The van der Waals surface area contributed by atoms with Gasteiger partial charge in [-0.3, -0.25) is 14.4 Å². The molecule has 252 valence electrons. The highest BCUT2D eigenvalue weighted by molar-refractivity contribution is 6.02. The molecule has 0 heterocycles. The molecule has 4 saturated carbocycles. The lowest BCUT2D eigenvalue weighted by atomic mass is 9.33. The number of aliphatic carboxylic acids is 1. The molecule has 0 aliphatic heterocycles. The molecule has 8 atom stereocenters. The summed E-state index contributed by atoms with van der Waals surface area (Å²) in [6.45, 7) is 19.3. The Kier molecular flexibility index (Phi) is 8.18. The number of methoxy groups -OCH3 is 1. The lowest BCUT2D eigenvalue weighted by Crippen LogP contribution is -2.67. The summed E-state index contributed by atoms with van der Waals surface area (Å²) in [5, 5.41) is 12.7. The molecule has 8 heteroatoms. The Morgan fingerprint density at radius 3 is 2.20 bits per heavy atom. The van der Waals surface area contributed by atoms with Crippen LogP contribution in [-0.2, 0) is 23.9 Å². The Labute approximate surface area is 269 Å². The van der Waals surface area contributed by atoms with Crippen molar-refractivity contribution in [1.82, 2.24) is 5.32 Å². The molecule has 45 heavy (non-hydrogen) atoms. The van der Waals surface area contributed by atoms with Gasteiger partial charge in [0.25, 0.3) is 0 Å². The van der Waals surface area contributed by atoms with Crippen LogP contribution in [0.1, 0.15) is 127 Å². The minimum atomic E-state index is -1.16. The number of carbonyl (C=O) groups excluding carboxylic acids is 3. The predicted octanol–water partition coefficient (Wildman–Crippen LogP) is 7.49. The molecule has 4 fully saturated rings. The molecule has 1 amide bonds. The summed E-state index contributed by atoms with van der Waals surface area (Å²) in [6, 6.07) is 0. The van der Waals surface area contributed by atoms with Crippen LogP contribution in [0.3, 0.4) is 0 Å². The van der Waals surface area contributed by atoms with Crippen LogP contribution in [0, 0.1) is 50.7 Å². The van der Waals surface area contributed by atoms with Crippen LogP contribution in [0.4, 0.5) is 4.79 Å². The van der Waals surface area contributed by atoms with Crippen molar-refractivity contribution in [2.45, 2.75) is 138 Å². The van der Waals surface area contributed by atoms with Gasteiger partial charge in [0.05, 0.1) is 24.5 Å². The van der Waals surface area contributed by atoms with Gasteiger partial charge in [0.1, 0.15) is 6.10 Å². The number of ether oxygens (including phenoxy) is 2. The third kappa shape index (κ3) is 4.89. The number of carbonyl (C=O) groups is 4. The molecule has 0 saturated heterocycles. The largest absolute Gasteiger partial charge is 0.481 e. The van der Waals surface area contributed by atoms with Gasteiger partial charge >= 0.3 is 18.0 Å². The number of esters is 1. The normalized spacial score (nSPS) is 40.6. The maximum atomic E-state index is 13.6. The fourth-order valence-corrected chi connectivity index (χ4v) is 11.8. The SMILES string of the molecule is COC(=O)N[C@@]12CC[C@]3(C)C(CCC4[C@@]5(C)CC[C@H](OC(=O)CC(C)(C)C(=O)O)C(C)(C)C5CC[C@]43C)C1=C(C(C)C)C(=O)C2. The van der Waals surface area contributed by atoms with Gasteiger partial charge in [-0.2, -0.15) is 0 Å². The van der Waals surface area contributed by atoms with Crippen molar-refractivity contribution in [1.29, 1.82) is 0 Å². The van der Waals surface area contributed by atoms with Crippen molar-refractivity contribution in [3.8, 4) is 0 Å². The van der Waals surface area contributed by atoms with E-state index < -0.39 is 29.0 Å². The Bertz CT molecular complexity index is 1310. The molecular formula is C37H57NO7. The van der Waals surface area contributed by atoms with E-state index in [0.29, 0.717) is 18.3 Å². The first-order chi connectivity index (χ1) is 20.7. The van der Waals surface area contributed by atoms with Crippen LogP contribution < -0.4 is 5.32 Å². The number of amides is 1. The fraction of sp³-hybridized carbons (Fsp3) is 0.838. The molecule has 0 bridgehead atoms. The predicted molar refractivity (Wildman–Crippen MR) is 171 cm³/mol. The molecule has 0 spiro atoms. The summed E-state index contributed by atoms with van der Waals surface area (Å²) in [5.74, 6) is -0.0943. The lowest BCUT2D eigenvalue weighted by molar-refractivity contribution is -0.232. The molecule has 5 aliphatic rings. The second-order valence-electron chi connectivity index (χ2n) is 17.6. The second kappa shape index (κ2) is 10.8. The minimum Gasteiger partial charge on any atom is -0.481 e. The smallest absolute Gasteiger partial charge is 0.407 e. The molecular weight excluding hydrogens is 570 g/mol. The summed E-state index contributed by atoms with van der Waals surface area (Å²) in [6.07, 6.45) is 7.07. The quantitative estimate of drug-likeness (QED) is 0.293. The lowest BCUT2D eigenvalue weighted by Gasteiger charge is -2.72. The van der Waals surface area contributed by atoms with Crippen LogP contribution in [0.2, 0.25) is 0 Å². The van der Waals surface area contributed by atoms with E-state index in [1.165, 1.54) is 12.7 Å². The van der Waals surface area contributed by atoms with Crippen LogP contribution in [-0.4, -0.2) is 47.7 Å². The molecule has 2 N–H and O–H groups in total. The van der Waals surface area contributed by atoms with Crippen LogP contribution in [0.15, 0.2) is 11.1 Å². The number of carboxylic acid groups (broad SMARTS) is 1. The first-order valence-electron chi connectivity index (χ1n) is 17.3. The van der Waals surface area contributed by atoms with Gasteiger partial charge in [0.15, 0.2) is 5.78 Å². The van der Waals surface area contributed by atoms with E-state index in [1.54, 1.807) is 13.8 Å². The highest BCUT2D eigenvalue weighted by Gasteiger charge is 2.70. The van der Waals surface area contributed by atoms with Crippen LogP contribution in [0.25, 0.3) is 0 Å². The van der Waals surface area contributed by atoms with Gasteiger partial charge in [-0.25, -0.2) is 4.79 Å². The number of rotatable bonds is 6. The molecule has 0 aromatic carbocycles. The van der Waals surface area contributed by atoms with Crippen molar-refractivity contribution < 1.29 is 33.8 Å². The van der Waals surface area contributed by atoms with E-state index in [0.717, 1.165) is 56.9 Å². The molecule has 0 aromatic rings. The van der Waals surface area contributed by atoms with E-state index in [-0.39, 0.29) is 51.8 Å². The molecule has 3 unspecified atom stereocenters. The first kappa shape index (κ1) is 34.0. The number of hydrogen-bond donors (Lipinski definition) is 2. The number of ketones is 1. The fourth-order valence-electron chi connectivity index (χ4n) is 11.8. The number of carboxylic acids is 1. The number of fused-ring (bicyclic) bond motifs is 7. The van der Waals surface area contributed by atoms with Crippen molar-refractivity contribution in [2.24, 2.45) is 50.7 Å². The standard InChI is InChI=1S/C37H57NO7/c1-21(2)28-23(39)19-37(38-31(43)44-10)18-17-35(8)22(29(28)37)11-12-25-34(7)15-14-26(45-27(40)20-32(3,4)30(41)42)33(5,6)24(34)13-16-36(25,35)9/h21-22,24-26H,11-20H2,1-10H3,(H,38,43)(H,41,42)/t22?,24?,25?,26-,34-,35+,36+,37+/m0/s1. The maximum Gasteiger partial charge on any atom is 0.407 e. The molecule has 0 aromatic heterocycles. The number of alkyl carbamates (subject to hydrolysis) is 1. The van der Waals surface area contributed by atoms with Gasteiger partial charge in [0, 0.05) is 11.8 Å². The monoisotopic (exact) mass is 627 g/mol. The topological polar surface area (TPSA) is 119 Å². The highest BCUT2D eigenvalue weighted by atomic mass is 16.5. The van der Waals surface area contributed by atoms with E-state index in [2.05, 4.69) is 53.8 Å². The zero-order valence-corrected chi connectivity index (χ0v) is 29.4. The van der Waals surface area contributed by atoms with Gasteiger partial charge in [-0.05, 0) is 116 Å². The summed E-state index contributed by atoms with van der Waals surface area (Å²) in [7, 11) is 1.39. The Morgan fingerprint density at radius 1 is 0.933 bits per heavy atom. The summed E-state index contributed by atoms with van der Waals surface area (Å²) >= 11 is 0. The minimum absolute atomic E-state index is 0.0266. The molecule has 0 radical (unpaired) electrons. The maximum absolute atomic E-state index is 13.6. The number of Topliss-reactive ketones (excluding diaryl/α,β-unsaturated/α-hetero) is 1. The summed E-state index contributed by atoms with van der Waals surface area (Å²) in [5.41, 5.74) is 0.139. The van der Waals surface area contributed by atoms with Crippen LogP contribution in [0.5, 0.6) is 0 Å². The summed E-state index contributed by atoms with van der Waals surface area (Å²) in [4.78, 5) is 50.9. The van der Waals surface area contributed by atoms with Crippen LogP contribution >= 0.6 is 0 Å². The van der Waals surface area contributed by atoms with E-state index in [1.807, 2.05) is 0 Å². The second-order valence-corrected chi connectivity index (χ2v) is 17.6. The third-order valence-corrected chi connectivity index (χ3v) is 14.3. The van der Waals surface area contributed by atoms with Crippen molar-refractivity contribution >= 4 is 23.8 Å². The Morgan fingerprint density at radius 2 is 1.60 bits per heavy atom. The van der Waals surface area contributed by atoms with E-state index >= 15 is 0 Å². The first-order valence-corrected chi connectivity index (χ1v) is 17.3. The van der Waals surface area contributed by atoms with Crippen molar-refractivity contribution in [3.05, 3.63) is 11.1 Å². The highest BCUT2D eigenvalue weighted by Crippen LogP contribution is 2.75. The van der Waals surface area contributed by atoms with Gasteiger partial charge < -0.3 is 19.9 Å². The average Bonchev–Trinajstić information content (AvgIpc) is 3.22. The number of nitrogens with one attached hydrogen (secondary N) is 1. The summed E-state index contributed by atoms with van der Waals surface area (Å²) < 4.78 is 11.2. The zero-order chi connectivity index (χ0) is 33.5. The molecule has 8 nitrogen and oxygen atoms in total. The Hall–Kier alpha value is -2.38. The Balaban J connectivity index is 1.46. The van der Waals surface area contributed by atoms with Gasteiger partial charge in [-0.15, -0.1) is 0 Å². The molecule has 5 rings (SSSR count). The number of allylic oxidation sites excluding steroid dienone is 1. The number of hydrogen-bond acceptors (Lipinski definition) is 6. The van der Waals surface area contributed by atoms with E-state index in [4.69, 9.17) is 9.47 Å². The molecule has 5 aliphatic carbocycles. The van der Waals surface area contributed by atoms with Gasteiger partial charge in [-0.1, -0.05) is 48.5 Å². The van der Waals surface area contributed by atoms with Crippen molar-refractivity contribution in [3.63, 3.8) is 0 Å². The van der Waals surface area contributed by atoms with Crippen molar-refractivity contribution in [2.75, 3.05) is 7.11 Å². The average molecular weight is 628 g/mol.